The SMILES string of the molecule is COc1oc(=O)c2ccccc2c1OC. The van der Waals surface area contributed by atoms with Crippen LogP contribution >= 0.6 is 0 Å². The lowest BCUT2D eigenvalue weighted by molar-refractivity contribution is 0.261. The van der Waals surface area contributed by atoms with E-state index in [1.54, 1.807) is 18.2 Å². The number of benzene rings is 1. The molecular weight excluding hydrogens is 196 g/mol. The van der Waals surface area contributed by atoms with Gasteiger partial charge >= 0.3 is 11.6 Å². The lowest BCUT2D eigenvalue weighted by Crippen LogP contribution is -2.03. The number of ether oxygens (including phenoxy) is 2. The summed E-state index contributed by atoms with van der Waals surface area (Å²) in [6.45, 7) is 0. The average molecular weight is 206 g/mol. The molecule has 0 N–H and O–H groups in total. The van der Waals surface area contributed by atoms with Crippen molar-refractivity contribution in [3.8, 4) is 11.7 Å². The van der Waals surface area contributed by atoms with Gasteiger partial charge < -0.3 is 13.9 Å². The van der Waals surface area contributed by atoms with Gasteiger partial charge in [-0.15, -0.1) is 0 Å². The molecule has 0 amide bonds. The summed E-state index contributed by atoms with van der Waals surface area (Å²) in [5.41, 5.74) is -0.428. The highest BCUT2D eigenvalue weighted by molar-refractivity contribution is 5.88. The van der Waals surface area contributed by atoms with Crippen LogP contribution in [-0.4, -0.2) is 14.2 Å². The van der Waals surface area contributed by atoms with Gasteiger partial charge in [-0.25, -0.2) is 4.79 Å². The quantitative estimate of drug-likeness (QED) is 0.751. The monoisotopic (exact) mass is 206 g/mol. The summed E-state index contributed by atoms with van der Waals surface area (Å²) in [5.74, 6) is 0.536. The van der Waals surface area contributed by atoms with Crippen LogP contribution in [-0.2, 0) is 0 Å². The largest absolute Gasteiger partial charge is 0.490 e. The third-order valence-electron chi connectivity index (χ3n) is 2.15. The summed E-state index contributed by atoms with van der Waals surface area (Å²) in [7, 11) is 2.93. The van der Waals surface area contributed by atoms with Crippen molar-refractivity contribution >= 4 is 10.8 Å². The van der Waals surface area contributed by atoms with Crippen LogP contribution in [0.25, 0.3) is 10.8 Å². The molecule has 4 nitrogen and oxygen atoms in total. The van der Waals surface area contributed by atoms with E-state index in [1.165, 1.54) is 14.2 Å². The van der Waals surface area contributed by atoms with Gasteiger partial charge in [0.2, 0.25) is 5.75 Å². The number of methoxy groups -OCH3 is 2. The Kier molecular flexibility index (Phi) is 2.33. The predicted molar refractivity (Wildman–Crippen MR) is 55.6 cm³/mol. The minimum absolute atomic E-state index is 0.0983. The average Bonchev–Trinajstić information content (AvgIpc) is 2.29. The Morgan fingerprint density at radius 3 is 2.33 bits per heavy atom. The molecule has 0 spiro atoms. The Bertz CT molecular complexity index is 542. The first kappa shape index (κ1) is 9.58. The molecule has 0 aliphatic carbocycles. The highest BCUT2D eigenvalue weighted by atomic mass is 16.6. The third-order valence-corrected chi connectivity index (χ3v) is 2.15. The van der Waals surface area contributed by atoms with Gasteiger partial charge in [0.05, 0.1) is 19.6 Å². The van der Waals surface area contributed by atoms with Crippen molar-refractivity contribution in [3.63, 3.8) is 0 Å². The molecule has 78 valence electrons. The van der Waals surface area contributed by atoms with Crippen LogP contribution in [0.1, 0.15) is 0 Å². The second-order valence-corrected chi connectivity index (χ2v) is 2.96. The van der Waals surface area contributed by atoms with Crippen LogP contribution in [0.15, 0.2) is 33.5 Å². The second-order valence-electron chi connectivity index (χ2n) is 2.96. The van der Waals surface area contributed by atoms with Crippen molar-refractivity contribution < 1.29 is 13.9 Å². The maximum Gasteiger partial charge on any atom is 0.346 e. The standard InChI is InChI=1S/C11H10O4/c1-13-9-7-5-3-4-6-8(7)10(12)15-11(9)14-2/h3-6H,1-2H3. The van der Waals surface area contributed by atoms with Crippen molar-refractivity contribution in [2.75, 3.05) is 14.2 Å². The fourth-order valence-electron chi connectivity index (χ4n) is 1.48. The number of hydrogen-bond donors (Lipinski definition) is 0. The fraction of sp³-hybridized carbons (Fsp3) is 0.182. The van der Waals surface area contributed by atoms with Gasteiger partial charge in [0.1, 0.15) is 0 Å². The fourth-order valence-corrected chi connectivity index (χ4v) is 1.48. The molecule has 15 heavy (non-hydrogen) atoms. The maximum atomic E-state index is 11.5. The maximum absolute atomic E-state index is 11.5. The summed E-state index contributed by atoms with van der Waals surface area (Å²) in [6.07, 6.45) is 0. The Morgan fingerprint density at radius 1 is 1.07 bits per heavy atom. The zero-order valence-electron chi connectivity index (χ0n) is 8.44. The normalized spacial score (nSPS) is 10.3. The van der Waals surface area contributed by atoms with E-state index in [2.05, 4.69) is 0 Å². The lowest BCUT2D eigenvalue weighted by Gasteiger charge is -2.07. The van der Waals surface area contributed by atoms with Gasteiger partial charge in [-0.05, 0) is 6.07 Å². The highest BCUT2D eigenvalue weighted by Crippen LogP contribution is 2.32. The minimum Gasteiger partial charge on any atom is -0.490 e. The van der Waals surface area contributed by atoms with E-state index in [4.69, 9.17) is 13.9 Å². The molecule has 0 saturated heterocycles. The van der Waals surface area contributed by atoms with Crippen LogP contribution in [0.3, 0.4) is 0 Å². The first-order valence-corrected chi connectivity index (χ1v) is 4.41. The predicted octanol–water partition coefficient (Wildman–Crippen LogP) is 1.81. The molecule has 0 atom stereocenters. The van der Waals surface area contributed by atoms with Gasteiger partial charge in [0.25, 0.3) is 0 Å². The second kappa shape index (κ2) is 3.65. The Morgan fingerprint density at radius 2 is 1.73 bits per heavy atom. The first-order chi connectivity index (χ1) is 7.27. The number of fused-ring (bicyclic) bond motifs is 1. The molecular formula is C11H10O4. The molecule has 2 rings (SSSR count). The van der Waals surface area contributed by atoms with Gasteiger partial charge in [0.15, 0.2) is 0 Å². The summed E-state index contributed by atoms with van der Waals surface area (Å²) >= 11 is 0. The number of hydrogen-bond acceptors (Lipinski definition) is 4. The van der Waals surface area contributed by atoms with E-state index < -0.39 is 5.63 Å². The van der Waals surface area contributed by atoms with Crippen molar-refractivity contribution in [2.45, 2.75) is 0 Å². The zero-order valence-corrected chi connectivity index (χ0v) is 8.44. The van der Waals surface area contributed by atoms with Gasteiger partial charge in [-0.1, -0.05) is 18.2 Å². The van der Waals surface area contributed by atoms with Crippen LogP contribution in [0.2, 0.25) is 0 Å². The van der Waals surface area contributed by atoms with Crippen molar-refractivity contribution in [1.29, 1.82) is 0 Å². The molecule has 2 aromatic rings. The number of rotatable bonds is 2. The zero-order chi connectivity index (χ0) is 10.8. The molecule has 0 aliphatic heterocycles. The molecule has 0 fully saturated rings. The molecule has 0 unspecified atom stereocenters. The minimum atomic E-state index is -0.428. The molecule has 1 aromatic carbocycles. The van der Waals surface area contributed by atoms with Crippen LogP contribution in [0, 0.1) is 0 Å². The molecule has 1 heterocycles. The van der Waals surface area contributed by atoms with E-state index >= 15 is 0 Å². The third kappa shape index (κ3) is 1.44. The van der Waals surface area contributed by atoms with Gasteiger partial charge in [0, 0.05) is 5.39 Å². The molecule has 0 radical (unpaired) electrons. The van der Waals surface area contributed by atoms with Crippen LogP contribution in [0.4, 0.5) is 0 Å². The van der Waals surface area contributed by atoms with Crippen molar-refractivity contribution in [2.24, 2.45) is 0 Å². The van der Waals surface area contributed by atoms with E-state index in [0.29, 0.717) is 16.5 Å². The smallest absolute Gasteiger partial charge is 0.346 e. The van der Waals surface area contributed by atoms with E-state index in [-0.39, 0.29) is 5.95 Å². The summed E-state index contributed by atoms with van der Waals surface area (Å²) in [4.78, 5) is 11.5. The Hall–Kier alpha value is -1.97. The van der Waals surface area contributed by atoms with Crippen molar-refractivity contribution in [1.82, 2.24) is 0 Å². The molecule has 0 bridgehead atoms. The molecule has 4 heteroatoms. The Balaban J connectivity index is 2.92. The molecule has 0 saturated carbocycles. The van der Waals surface area contributed by atoms with E-state index in [9.17, 15) is 4.79 Å². The van der Waals surface area contributed by atoms with Crippen LogP contribution < -0.4 is 15.1 Å². The highest BCUT2D eigenvalue weighted by Gasteiger charge is 2.13. The topological polar surface area (TPSA) is 48.7 Å². The summed E-state index contributed by atoms with van der Waals surface area (Å²) in [6, 6.07) is 7.06. The first-order valence-electron chi connectivity index (χ1n) is 4.41. The van der Waals surface area contributed by atoms with E-state index in [1.807, 2.05) is 6.07 Å². The summed E-state index contributed by atoms with van der Waals surface area (Å²) < 4.78 is 15.0. The van der Waals surface area contributed by atoms with Gasteiger partial charge in [-0.3, -0.25) is 0 Å². The lowest BCUT2D eigenvalue weighted by atomic mass is 10.2. The van der Waals surface area contributed by atoms with Crippen molar-refractivity contribution in [3.05, 3.63) is 34.7 Å². The molecule has 1 aromatic heterocycles. The summed E-state index contributed by atoms with van der Waals surface area (Å²) in [5, 5.41) is 1.17. The Labute approximate surface area is 86.0 Å². The molecule has 0 aliphatic rings. The van der Waals surface area contributed by atoms with Gasteiger partial charge in [-0.2, -0.15) is 0 Å². The van der Waals surface area contributed by atoms with Crippen LogP contribution in [0.5, 0.6) is 11.7 Å². The van der Waals surface area contributed by atoms with E-state index in [0.717, 1.165) is 0 Å².